The van der Waals surface area contributed by atoms with E-state index in [0.29, 0.717) is 6.04 Å². The Balaban J connectivity index is 1.79. The average molecular weight is 336 g/mol. The molecule has 3 heterocycles. The van der Waals surface area contributed by atoms with Crippen molar-refractivity contribution in [3.05, 3.63) is 42.0 Å². The van der Waals surface area contributed by atoms with E-state index >= 15 is 0 Å². The first-order valence-electron chi connectivity index (χ1n) is 9.34. The van der Waals surface area contributed by atoms with Crippen LogP contribution in [0.15, 0.2) is 41.4 Å². The number of rotatable bonds is 2. The van der Waals surface area contributed by atoms with Crippen LogP contribution in [0, 0.1) is 11.3 Å². The third kappa shape index (κ3) is 1.71. The highest BCUT2D eigenvalue weighted by molar-refractivity contribution is 6.13. The second kappa shape index (κ2) is 5.04. The Hall–Kier alpha value is -1.94. The first-order chi connectivity index (χ1) is 12.2. The molecule has 0 amide bonds. The van der Waals surface area contributed by atoms with Crippen molar-refractivity contribution >= 4 is 17.4 Å². The Labute approximate surface area is 148 Å². The maximum atomic E-state index is 12.7. The van der Waals surface area contributed by atoms with Gasteiger partial charge in [0.1, 0.15) is 0 Å². The summed E-state index contributed by atoms with van der Waals surface area (Å²) in [4.78, 5) is 20.4. The van der Waals surface area contributed by atoms with Gasteiger partial charge in [-0.15, -0.1) is 0 Å². The Morgan fingerprint density at radius 1 is 1.40 bits per heavy atom. The summed E-state index contributed by atoms with van der Waals surface area (Å²) in [5.41, 5.74) is 3.32. The largest absolute Gasteiger partial charge is 0.469 e. The van der Waals surface area contributed by atoms with Gasteiger partial charge in [0.15, 0.2) is 0 Å². The molecule has 1 aromatic rings. The average Bonchev–Trinajstić information content (AvgIpc) is 3.21. The quantitative estimate of drug-likeness (QED) is 0.615. The van der Waals surface area contributed by atoms with Gasteiger partial charge in [-0.25, -0.2) is 0 Å². The topological polar surface area (TPSA) is 41.9 Å². The highest BCUT2D eigenvalue weighted by atomic mass is 16.5. The normalized spacial score (nSPS) is 37.9. The molecule has 1 aliphatic carbocycles. The van der Waals surface area contributed by atoms with E-state index in [-0.39, 0.29) is 22.7 Å². The van der Waals surface area contributed by atoms with Gasteiger partial charge in [0.05, 0.1) is 24.1 Å². The van der Waals surface area contributed by atoms with Gasteiger partial charge in [-0.2, -0.15) is 0 Å². The summed E-state index contributed by atoms with van der Waals surface area (Å²) >= 11 is 0. The van der Waals surface area contributed by atoms with Crippen molar-refractivity contribution in [2.45, 2.75) is 37.6 Å². The van der Waals surface area contributed by atoms with Crippen molar-refractivity contribution in [2.24, 2.45) is 16.3 Å². The molecular weight excluding hydrogens is 312 g/mol. The summed E-state index contributed by atoms with van der Waals surface area (Å²) in [5.74, 6) is -0.370. The summed E-state index contributed by atoms with van der Waals surface area (Å²) in [6.07, 6.45) is 7.59. The van der Waals surface area contributed by atoms with Crippen LogP contribution in [0.4, 0.5) is 5.69 Å². The highest BCUT2D eigenvalue weighted by Gasteiger charge is 2.67. The molecule has 25 heavy (non-hydrogen) atoms. The molecular formula is C21H24N2O2. The number of nitrogens with zero attached hydrogens (tertiary/aromatic N) is 2. The number of fused-ring (bicyclic) bond motifs is 1. The molecule has 0 bridgehead atoms. The van der Waals surface area contributed by atoms with Gasteiger partial charge in [0.2, 0.25) is 0 Å². The number of hydrogen-bond donors (Lipinski definition) is 0. The molecule has 0 aromatic heterocycles. The van der Waals surface area contributed by atoms with Crippen LogP contribution in [0.5, 0.6) is 0 Å². The van der Waals surface area contributed by atoms with Crippen LogP contribution < -0.4 is 0 Å². The number of methoxy groups -OCH3 is 1. The van der Waals surface area contributed by atoms with E-state index in [4.69, 9.17) is 9.73 Å². The van der Waals surface area contributed by atoms with Crippen LogP contribution in [0.3, 0.4) is 0 Å². The van der Waals surface area contributed by atoms with Crippen molar-refractivity contribution in [1.82, 2.24) is 4.90 Å². The van der Waals surface area contributed by atoms with Gasteiger partial charge in [-0.05, 0) is 30.9 Å². The number of carbonyl (C=O) groups excluding carboxylic acids is 1. The lowest BCUT2D eigenvalue weighted by Gasteiger charge is -2.55. The Morgan fingerprint density at radius 3 is 3.04 bits per heavy atom. The monoisotopic (exact) mass is 336 g/mol. The summed E-state index contributed by atoms with van der Waals surface area (Å²) in [6, 6.07) is 8.89. The Bertz CT molecular complexity index is 814. The number of carbonyl (C=O) groups is 1. The summed E-state index contributed by atoms with van der Waals surface area (Å²) in [5, 5.41) is 0. The highest BCUT2D eigenvalue weighted by Crippen LogP contribution is 2.62. The van der Waals surface area contributed by atoms with Crippen molar-refractivity contribution in [1.29, 1.82) is 0 Å². The minimum atomic E-state index is -0.240. The molecule has 5 rings (SSSR count). The molecule has 3 aliphatic heterocycles. The zero-order valence-electron chi connectivity index (χ0n) is 14.9. The van der Waals surface area contributed by atoms with Crippen LogP contribution in [0.1, 0.15) is 31.7 Å². The van der Waals surface area contributed by atoms with Gasteiger partial charge in [-0.3, -0.25) is 14.7 Å². The smallest absolute Gasteiger partial charge is 0.314 e. The summed E-state index contributed by atoms with van der Waals surface area (Å²) in [7, 11) is 1.50. The van der Waals surface area contributed by atoms with Crippen molar-refractivity contribution in [3.8, 4) is 0 Å². The lowest BCUT2D eigenvalue weighted by Crippen LogP contribution is -2.63. The fourth-order valence-electron chi connectivity index (χ4n) is 6.17. The first-order valence-corrected chi connectivity index (χ1v) is 9.34. The van der Waals surface area contributed by atoms with Crippen LogP contribution in [0.25, 0.3) is 0 Å². The van der Waals surface area contributed by atoms with Crippen LogP contribution in [-0.4, -0.2) is 42.8 Å². The predicted octanol–water partition coefficient (Wildman–Crippen LogP) is 3.24. The standard InChI is InChI=1S/C21H24N2O2/c1-3-20-9-6-11-23-12-10-21(19(20)23)15-7-4-5-8-16(15)22-17(21)14(13-20)18(24)25-2/h4-9,14,19H,3,10-13H2,1-2H3/t14?,19-,20-,21-/m0/s1. The Morgan fingerprint density at radius 2 is 2.24 bits per heavy atom. The van der Waals surface area contributed by atoms with Crippen molar-refractivity contribution in [3.63, 3.8) is 0 Å². The minimum absolute atomic E-state index is 0.0179. The van der Waals surface area contributed by atoms with Gasteiger partial charge >= 0.3 is 5.97 Å². The molecule has 2 fully saturated rings. The second-order valence-corrected chi connectivity index (χ2v) is 7.90. The number of hydrogen-bond acceptors (Lipinski definition) is 4. The maximum absolute atomic E-state index is 12.7. The number of esters is 1. The molecule has 130 valence electrons. The molecule has 4 aliphatic rings. The summed E-state index contributed by atoms with van der Waals surface area (Å²) in [6.45, 7) is 4.34. The Kier molecular flexibility index (Phi) is 3.09. The van der Waals surface area contributed by atoms with E-state index in [0.717, 1.165) is 43.8 Å². The van der Waals surface area contributed by atoms with Gasteiger partial charge in [0.25, 0.3) is 0 Å². The number of benzene rings is 1. The van der Waals surface area contributed by atoms with Crippen LogP contribution in [-0.2, 0) is 14.9 Å². The van der Waals surface area contributed by atoms with Gasteiger partial charge in [0, 0.05) is 30.3 Å². The minimum Gasteiger partial charge on any atom is -0.469 e. The fourth-order valence-corrected chi connectivity index (χ4v) is 6.17. The van der Waals surface area contributed by atoms with Gasteiger partial charge in [-0.1, -0.05) is 37.3 Å². The lowest BCUT2D eigenvalue weighted by atomic mass is 9.51. The SMILES string of the molecule is CC[C@]12C=CCN3CC[C@]4(C(=Nc5ccccc54)C(C(=O)OC)C1)[C@@H]32. The van der Waals surface area contributed by atoms with Crippen LogP contribution >= 0.6 is 0 Å². The van der Waals surface area contributed by atoms with E-state index in [2.05, 4.69) is 42.2 Å². The maximum Gasteiger partial charge on any atom is 0.314 e. The molecule has 1 saturated heterocycles. The van der Waals surface area contributed by atoms with E-state index < -0.39 is 0 Å². The van der Waals surface area contributed by atoms with E-state index in [1.54, 1.807) is 0 Å². The fraction of sp³-hybridized carbons (Fsp3) is 0.524. The third-order valence-corrected chi connectivity index (χ3v) is 7.10. The summed E-state index contributed by atoms with van der Waals surface area (Å²) < 4.78 is 5.21. The third-order valence-electron chi connectivity index (χ3n) is 7.10. The molecule has 1 aromatic carbocycles. The molecule has 4 nitrogen and oxygen atoms in total. The first kappa shape index (κ1) is 15.3. The van der Waals surface area contributed by atoms with Crippen molar-refractivity contribution in [2.75, 3.05) is 20.2 Å². The molecule has 4 atom stereocenters. The number of aliphatic imine (C=N–C) groups is 1. The van der Waals surface area contributed by atoms with Gasteiger partial charge < -0.3 is 4.74 Å². The zero-order valence-corrected chi connectivity index (χ0v) is 14.9. The molecule has 1 unspecified atom stereocenters. The molecule has 4 heteroatoms. The van der Waals surface area contributed by atoms with Crippen molar-refractivity contribution < 1.29 is 9.53 Å². The molecule has 0 radical (unpaired) electrons. The predicted molar refractivity (Wildman–Crippen MR) is 97.2 cm³/mol. The number of para-hydroxylation sites is 1. The number of ether oxygens (including phenoxy) is 1. The zero-order chi connectivity index (χ0) is 17.2. The lowest BCUT2D eigenvalue weighted by molar-refractivity contribution is -0.145. The second-order valence-electron chi connectivity index (χ2n) is 7.90. The van der Waals surface area contributed by atoms with Crippen LogP contribution in [0.2, 0.25) is 0 Å². The van der Waals surface area contributed by atoms with E-state index in [1.807, 2.05) is 6.07 Å². The van der Waals surface area contributed by atoms with E-state index in [9.17, 15) is 4.79 Å². The van der Waals surface area contributed by atoms with E-state index in [1.165, 1.54) is 12.7 Å². The molecule has 1 saturated carbocycles. The molecule has 1 spiro atoms. The molecule has 0 N–H and O–H groups in total.